The van der Waals surface area contributed by atoms with Gasteiger partial charge in [-0.3, -0.25) is 14.1 Å². The van der Waals surface area contributed by atoms with E-state index in [2.05, 4.69) is 10.3 Å². The zero-order valence-corrected chi connectivity index (χ0v) is 17.9. The number of benzene rings is 2. The van der Waals surface area contributed by atoms with Gasteiger partial charge in [0, 0.05) is 36.6 Å². The molecular formula is C23H23N3O4S. The molecular weight excluding hydrogens is 414 g/mol. The van der Waals surface area contributed by atoms with Crippen molar-refractivity contribution in [1.29, 1.82) is 0 Å². The first kappa shape index (κ1) is 20.9. The maximum atomic E-state index is 12.5. The van der Waals surface area contributed by atoms with Crippen LogP contribution in [0.4, 0.5) is 5.69 Å². The Kier molecular flexibility index (Phi) is 5.90. The minimum absolute atomic E-state index is 0.197. The molecule has 2 aromatic carbocycles. The quantitative estimate of drug-likeness (QED) is 0.614. The minimum atomic E-state index is -3.30. The Balaban J connectivity index is 1.33. The predicted octanol–water partition coefficient (Wildman–Crippen LogP) is 2.91. The number of pyridine rings is 1. The number of carbonyl (C=O) groups is 1. The van der Waals surface area contributed by atoms with Crippen LogP contribution in [-0.4, -0.2) is 32.1 Å². The summed E-state index contributed by atoms with van der Waals surface area (Å²) >= 11 is 0. The summed E-state index contributed by atoms with van der Waals surface area (Å²) in [5.74, 6) is 0.547. The first-order chi connectivity index (χ1) is 14.9. The van der Waals surface area contributed by atoms with Gasteiger partial charge in [-0.15, -0.1) is 0 Å². The van der Waals surface area contributed by atoms with Crippen LogP contribution in [0.25, 0.3) is 0 Å². The van der Waals surface area contributed by atoms with Gasteiger partial charge in [0.1, 0.15) is 12.4 Å². The number of amides is 1. The largest absolute Gasteiger partial charge is 0.489 e. The lowest BCUT2D eigenvalue weighted by molar-refractivity contribution is 0.0951. The van der Waals surface area contributed by atoms with Gasteiger partial charge in [0.15, 0.2) is 0 Å². The molecule has 0 atom stereocenters. The number of hydrogen-bond donors (Lipinski definition) is 1. The molecule has 1 aliphatic heterocycles. The molecule has 7 nitrogen and oxygen atoms in total. The van der Waals surface area contributed by atoms with Gasteiger partial charge in [-0.2, -0.15) is 0 Å². The fourth-order valence-corrected chi connectivity index (χ4v) is 4.45. The second-order valence-corrected chi connectivity index (χ2v) is 9.31. The van der Waals surface area contributed by atoms with E-state index in [4.69, 9.17) is 4.74 Å². The van der Waals surface area contributed by atoms with Gasteiger partial charge in [-0.25, -0.2) is 8.42 Å². The van der Waals surface area contributed by atoms with Crippen LogP contribution < -0.4 is 14.4 Å². The number of hydrogen-bond acceptors (Lipinski definition) is 5. The van der Waals surface area contributed by atoms with Gasteiger partial charge >= 0.3 is 0 Å². The number of anilines is 1. The lowest BCUT2D eigenvalue weighted by Crippen LogP contribution is -2.27. The van der Waals surface area contributed by atoms with Crippen molar-refractivity contribution in [2.45, 2.75) is 19.6 Å². The molecule has 0 fully saturated rings. The smallest absolute Gasteiger partial charge is 0.251 e. The van der Waals surface area contributed by atoms with E-state index in [1.165, 1.54) is 10.6 Å². The number of aromatic nitrogens is 1. The van der Waals surface area contributed by atoms with Gasteiger partial charge < -0.3 is 10.1 Å². The predicted molar refractivity (Wildman–Crippen MR) is 119 cm³/mol. The molecule has 0 bridgehead atoms. The normalized spacial score (nSPS) is 13.0. The Morgan fingerprint density at radius 3 is 2.65 bits per heavy atom. The van der Waals surface area contributed by atoms with Gasteiger partial charge in [-0.05, 0) is 53.9 Å². The molecule has 2 heterocycles. The molecule has 8 heteroatoms. The third-order valence-corrected chi connectivity index (χ3v) is 6.28. The summed E-state index contributed by atoms with van der Waals surface area (Å²) in [5, 5.41) is 2.91. The molecule has 1 aromatic heterocycles. The molecule has 31 heavy (non-hydrogen) atoms. The van der Waals surface area contributed by atoms with Gasteiger partial charge in [0.2, 0.25) is 10.0 Å². The van der Waals surface area contributed by atoms with Crippen molar-refractivity contribution in [1.82, 2.24) is 10.3 Å². The van der Waals surface area contributed by atoms with Gasteiger partial charge in [0.25, 0.3) is 5.91 Å². The van der Waals surface area contributed by atoms with Crippen LogP contribution in [0.3, 0.4) is 0 Å². The standard InChI is InChI=1S/C23H23N3O4S/c1-31(28,29)26-12-10-19-13-20(6-9-22(19)26)23(27)25-15-17-4-7-21(8-5-17)30-16-18-3-2-11-24-14-18/h2-9,11,13-14H,10,12,15-16H2,1H3,(H,25,27). The van der Waals surface area contributed by atoms with E-state index in [1.807, 2.05) is 36.4 Å². The van der Waals surface area contributed by atoms with E-state index in [0.29, 0.717) is 37.4 Å². The summed E-state index contributed by atoms with van der Waals surface area (Å²) in [7, 11) is -3.30. The Bertz CT molecular complexity index is 1180. The third-order valence-electron chi connectivity index (χ3n) is 5.10. The lowest BCUT2D eigenvalue weighted by atomic mass is 10.1. The topological polar surface area (TPSA) is 88.6 Å². The van der Waals surface area contributed by atoms with E-state index in [-0.39, 0.29) is 5.91 Å². The van der Waals surface area contributed by atoms with Crippen molar-refractivity contribution in [2.24, 2.45) is 0 Å². The van der Waals surface area contributed by atoms with Crippen LogP contribution in [0.2, 0.25) is 0 Å². The third kappa shape index (κ3) is 5.03. The Hall–Kier alpha value is -3.39. The van der Waals surface area contributed by atoms with Crippen LogP contribution in [0.1, 0.15) is 27.0 Å². The zero-order chi connectivity index (χ0) is 21.8. The van der Waals surface area contributed by atoms with Crippen LogP contribution in [-0.2, 0) is 29.6 Å². The highest BCUT2D eigenvalue weighted by atomic mass is 32.2. The Labute approximate surface area is 181 Å². The monoisotopic (exact) mass is 437 g/mol. The van der Waals surface area contributed by atoms with Crippen LogP contribution >= 0.6 is 0 Å². The summed E-state index contributed by atoms with van der Waals surface area (Å²) in [5.41, 5.74) is 3.99. The highest BCUT2D eigenvalue weighted by molar-refractivity contribution is 7.92. The van der Waals surface area contributed by atoms with E-state index in [9.17, 15) is 13.2 Å². The summed E-state index contributed by atoms with van der Waals surface area (Å²) in [6.07, 6.45) is 5.28. The molecule has 1 aliphatic rings. The van der Waals surface area contributed by atoms with E-state index in [0.717, 1.165) is 22.4 Å². The average molecular weight is 438 g/mol. The number of ether oxygens (including phenoxy) is 1. The van der Waals surface area contributed by atoms with Crippen molar-refractivity contribution < 1.29 is 17.9 Å². The number of sulfonamides is 1. The summed E-state index contributed by atoms with van der Waals surface area (Å²) in [6.45, 7) is 1.24. The zero-order valence-electron chi connectivity index (χ0n) is 17.1. The maximum Gasteiger partial charge on any atom is 0.251 e. The van der Waals surface area contributed by atoms with Crippen LogP contribution in [0, 0.1) is 0 Å². The lowest BCUT2D eigenvalue weighted by Gasteiger charge is -2.16. The summed E-state index contributed by atoms with van der Waals surface area (Å²) < 4.78 is 30.8. The highest BCUT2D eigenvalue weighted by Crippen LogP contribution is 2.30. The van der Waals surface area contributed by atoms with Crippen molar-refractivity contribution in [3.05, 3.63) is 89.2 Å². The van der Waals surface area contributed by atoms with Crippen LogP contribution in [0.15, 0.2) is 67.0 Å². The van der Waals surface area contributed by atoms with E-state index in [1.54, 1.807) is 30.6 Å². The molecule has 0 saturated carbocycles. The number of nitrogens with one attached hydrogen (secondary N) is 1. The minimum Gasteiger partial charge on any atom is -0.489 e. The Morgan fingerprint density at radius 1 is 1.13 bits per heavy atom. The van der Waals surface area contributed by atoms with Crippen LogP contribution in [0.5, 0.6) is 5.75 Å². The molecule has 0 spiro atoms. The maximum absolute atomic E-state index is 12.5. The molecule has 1 amide bonds. The van der Waals surface area contributed by atoms with Crippen molar-refractivity contribution in [2.75, 3.05) is 17.1 Å². The molecule has 4 rings (SSSR count). The number of fused-ring (bicyclic) bond motifs is 1. The van der Waals surface area contributed by atoms with E-state index < -0.39 is 10.0 Å². The van der Waals surface area contributed by atoms with Crippen molar-refractivity contribution in [3.63, 3.8) is 0 Å². The number of rotatable bonds is 7. The first-order valence-corrected chi connectivity index (χ1v) is 11.7. The molecule has 0 radical (unpaired) electrons. The van der Waals surface area contributed by atoms with E-state index >= 15 is 0 Å². The fourth-order valence-electron chi connectivity index (χ4n) is 3.50. The molecule has 0 unspecified atom stereocenters. The SMILES string of the molecule is CS(=O)(=O)N1CCc2cc(C(=O)NCc3ccc(OCc4cccnc4)cc3)ccc21. The van der Waals surface area contributed by atoms with Gasteiger partial charge in [0.05, 0.1) is 11.9 Å². The fraction of sp³-hybridized carbons (Fsp3) is 0.217. The first-order valence-electron chi connectivity index (χ1n) is 9.89. The molecule has 160 valence electrons. The average Bonchev–Trinajstić information content (AvgIpc) is 3.21. The number of nitrogens with zero attached hydrogens (tertiary/aromatic N) is 2. The molecule has 1 N–H and O–H groups in total. The molecule has 0 saturated heterocycles. The second kappa shape index (κ2) is 8.77. The number of carbonyl (C=O) groups excluding carboxylic acids is 1. The van der Waals surface area contributed by atoms with Gasteiger partial charge in [-0.1, -0.05) is 18.2 Å². The molecule has 0 aliphatic carbocycles. The Morgan fingerprint density at radius 2 is 1.94 bits per heavy atom. The van der Waals surface area contributed by atoms with Crippen molar-refractivity contribution in [3.8, 4) is 5.75 Å². The van der Waals surface area contributed by atoms with Crippen molar-refractivity contribution >= 4 is 21.6 Å². The molecule has 3 aromatic rings. The summed E-state index contributed by atoms with van der Waals surface area (Å²) in [4.78, 5) is 16.6. The highest BCUT2D eigenvalue weighted by Gasteiger charge is 2.26. The second-order valence-electron chi connectivity index (χ2n) is 7.41. The summed E-state index contributed by atoms with van der Waals surface area (Å²) in [6, 6.07) is 16.5.